The second kappa shape index (κ2) is 8.49. The fraction of sp³-hybridized carbons (Fsp3) is 0.0833. The highest BCUT2D eigenvalue weighted by atomic mass is 32.1. The smallest absolute Gasteiger partial charge is 0.224 e. The van der Waals surface area contributed by atoms with Gasteiger partial charge >= 0.3 is 0 Å². The summed E-state index contributed by atoms with van der Waals surface area (Å²) < 4.78 is 1.76. The minimum atomic E-state index is 0.00114. The summed E-state index contributed by atoms with van der Waals surface area (Å²) in [6, 6.07) is 25.5. The van der Waals surface area contributed by atoms with Gasteiger partial charge in [0, 0.05) is 17.7 Å². The number of carbonyl (C=O) groups excluding carboxylic acids is 1. The summed E-state index contributed by atoms with van der Waals surface area (Å²) in [5.74, 6) is 0.732. The van der Waals surface area contributed by atoms with E-state index in [2.05, 4.69) is 15.5 Å². The normalized spacial score (nSPS) is 11.0. The minimum absolute atomic E-state index is 0.00114. The van der Waals surface area contributed by atoms with Gasteiger partial charge in [0.1, 0.15) is 0 Å². The molecule has 0 aliphatic carbocycles. The molecule has 152 valence electrons. The molecule has 7 heteroatoms. The van der Waals surface area contributed by atoms with Gasteiger partial charge in [0.25, 0.3) is 0 Å². The molecule has 0 saturated carbocycles. The van der Waals surface area contributed by atoms with Crippen molar-refractivity contribution in [3.8, 4) is 22.0 Å². The quantitative estimate of drug-likeness (QED) is 0.411. The van der Waals surface area contributed by atoms with Crippen LogP contribution in [0.4, 0.5) is 5.69 Å². The first-order valence-corrected chi connectivity index (χ1v) is 10.8. The van der Waals surface area contributed by atoms with E-state index in [4.69, 9.17) is 5.10 Å². The van der Waals surface area contributed by atoms with Crippen molar-refractivity contribution < 1.29 is 4.79 Å². The Labute approximate surface area is 183 Å². The summed E-state index contributed by atoms with van der Waals surface area (Å²) in [5, 5.41) is 18.2. The van der Waals surface area contributed by atoms with E-state index in [1.807, 2.05) is 84.2 Å². The number of carbonyl (C=O) groups is 1. The van der Waals surface area contributed by atoms with Crippen molar-refractivity contribution in [3.63, 3.8) is 0 Å². The van der Waals surface area contributed by atoms with Gasteiger partial charge in [0.15, 0.2) is 11.5 Å². The van der Waals surface area contributed by atoms with E-state index in [0.29, 0.717) is 12.1 Å². The van der Waals surface area contributed by atoms with Gasteiger partial charge in [0.05, 0.1) is 10.6 Å². The summed E-state index contributed by atoms with van der Waals surface area (Å²) in [7, 11) is 0. The van der Waals surface area contributed by atoms with Crippen LogP contribution in [0.3, 0.4) is 0 Å². The highest BCUT2D eigenvalue weighted by Gasteiger charge is 2.11. The van der Waals surface area contributed by atoms with E-state index in [1.165, 1.54) is 0 Å². The van der Waals surface area contributed by atoms with Gasteiger partial charge in [-0.25, -0.2) is 0 Å². The molecule has 31 heavy (non-hydrogen) atoms. The molecular formula is C24H19N5OS. The van der Waals surface area contributed by atoms with Crippen molar-refractivity contribution >= 4 is 28.6 Å². The van der Waals surface area contributed by atoms with Gasteiger partial charge in [0.2, 0.25) is 5.91 Å². The van der Waals surface area contributed by atoms with Gasteiger partial charge in [-0.05, 0) is 47.7 Å². The van der Waals surface area contributed by atoms with E-state index in [-0.39, 0.29) is 5.91 Å². The van der Waals surface area contributed by atoms with Crippen molar-refractivity contribution in [1.82, 2.24) is 19.8 Å². The van der Waals surface area contributed by atoms with Crippen LogP contribution in [0.5, 0.6) is 0 Å². The van der Waals surface area contributed by atoms with Crippen LogP contribution < -0.4 is 5.32 Å². The Bertz CT molecular complexity index is 1310. The topological polar surface area (TPSA) is 72.2 Å². The molecule has 0 aliphatic heterocycles. The fourth-order valence-corrected chi connectivity index (χ4v) is 4.05. The third kappa shape index (κ3) is 4.22. The highest BCUT2D eigenvalue weighted by molar-refractivity contribution is 7.13. The third-order valence-corrected chi connectivity index (χ3v) is 5.82. The Morgan fingerprint density at radius 2 is 1.74 bits per heavy atom. The zero-order valence-corrected chi connectivity index (χ0v) is 17.4. The first-order chi connectivity index (χ1) is 15.3. The molecule has 1 N–H and O–H groups in total. The Hall–Kier alpha value is -3.84. The van der Waals surface area contributed by atoms with Crippen LogP contribution in [0.2, 0.25) is 0 Å². The monoisotopic (exact) mass is 425 g/mol. The maximum Gasteiger partial charge on any atom is 0.224 e. The number of hydrogen-bond donors (Lipinski definition) is 1. The SMILES string of the molecule is O=C(CCc1ccccc1)Nc1ccc(-c2ccc3nnc(-c4cccs4)n3n2)cc1. The number of benzene rings is 2. The molecule has 5 rings (SSSR count). The van der Waals surface area contributed by atoms with E-state index in [9.17, 15) is 4.79 Å². The van der Waals surface area contributed by atoms with Gasteiger partial charge in [-0.15, -0.1) is 21.5 Å². The van der Waals surface area contributed by atoms with Crippen LogP contribution >= 0.6 is 11.3 Å². The van der Waals surface area contributed by atoms with E-state index in [0.717, 1.165) is 39.6 Å². The molecule has 0 radical (unpaired) electrons. The third-order valence-electron chi connectivity index (χ3n) is 4.95. The number of nitrogens with zero attached hydrogens (tertiary/aromatic N) is 4. The minimum Gasteiger partial charge on any atom is -0.326 e. The first kappa shape index (κ1) is 19.1. The number of thiophene rings is 1. The number of amides is 1. The van der Waals surface area contributed by atoms with E-state index >= 15 is 0 Å². The lowest BCUT2D eigenvalue weighted by Crippen LogP contribution is -2.12. The Morgan fingerprint density at radius 1 is 0.903 bits per heavy atom. The molecule has 0 atom stereocenters. The summed E-state index contributed by atoms with van der Waals surface area (Å²) in [4.78, 5) is 13.3. The number of rotatable bonds is 6. The van der Waals surface area contributed by atoms with Crippen LogP contribution in [0, 0.1) is 0 Å². The molecule has 0 spiro atoms. The molecule has 0 fully saturated rings. The second-order valence-corrected chi connectivity index (χ2v) is 8.05. The second-order valence-electron chi connectivity index (χ2n) is 7.10. The molecular weight excluding hydrogens is 406 g/mol. The predicted octanol–water partition coefficient (Wildman–Crippen LogP) is 5.09. The van der Waals surface area contributed by atoms with Crippen molar-refractivity contribution in [2.24, 2.45) is 0 Å². The highest BCUT2D eigenvalue weighted by Crippen LogP contribution is 2.25. The molecule has 2 aromatic carbocycles. The zero-order chi connectivity index (χ0) is 21.0. The average Bonchev–Trinajstić information content (AvgIpc) is 3.48. The van der Waals surface area contributed by atoms with Crippen molar-refractivity contribution in [1.29, 1.82) is 0 Å². The van der Waals surface area contributed by atoms with Gasteiger partial charge in [-0.3, -0.25) is 4.79 Å². The number of aryl methyl sites for hydroxylation is 1. The molecule has 0 unspecified atom stereocenters. The molecule has 6 nitrogen and oxygen atoms in total. The molecule has 0 bridgehead atoms. The summed E-state index contributed by atoms with van der Waals surface area (Å²) >= 11 is 1.60. The predicted molar refractivity (Wildman–Crippen MR) is 123 cm³/mol. The van der Waals surface area contributed by atoms with Crippen LogP contribution in [0.25, 0.3) is 27.6 Å². The largest absolute Gasteiger partial charge is 0.326 e. The van der Waals surface area contributed by atoms with E-state index in [1.54, 1.807) is 15.9 Å². The Kier molecular flexibility index (Phi) is 5.24. The summed E-state index contributed by atoms with van der Waals surface area (Å²) in [6.45, 7) is 0. The van der Waals surface area contributed by atoms with Crippen molar-refractivity contribution in [2.75, 3.05) is 5.32 Å². The van der Waals surface area contributed by atoms with Gasteiger partial charge < -0.3 is 5.32 Å². The lowest BCUT2D eigenvalue weighted by atomic mass is 10.1. The summed E-state index contributed by atoms with van der Waals surface area (Å²) in [5.41, 5.74) is 4.40. The maximum absolute atomic E-state index is 12.3. The van der Waals surface area contributed by atoms with Crippen LogP contribution in [-0.2, 0) is 11.2 Å². The first-order valence-electron chi connectivity index (χ1n) is 9.97. The van der Waals surface area contributed by atoms with Crippen LogP contribution in [0.1, 0.15) is 12.0 Å². The van der Waals surface area contributed by atoms with Crippen molar-refractivity contribution in [3.05, 3.63) is 89.8 Å². The maximum atomic E-state index is 12.3. The number of fused-ring (bicyclic) bond motifs is 1. The number of aromatic nitrogens is 4. The average molecular weight is 426 g/mol. The van der Waals surface area contributed by atoms with Gasteiger partial charge in [-0.2, -0.15) is 9.61 Å². The fourth-order valence-electron chi connectivity index (χ4n) is 3.35. The summed E-state index contributed by atoms with van der Waals surface area (Å²) in [6.07, 6.45) is 1.17. The number of nitrogens with one attached hydrogen (secondary N) is 1. The number of anilines is 1. The Morgan fingerprint density at radius 3 is 2.52 bits per heavy atom. The lowest BCUT2D eigenvalue weighted by molar-refractivity contribution is -0.116. The van der Waals surface area contributed by atoms with E-state index < -0.39 is 0 Å². The van der Waals surface area contributed by atoms with Crippen LogP contribution in [-0.4, -0.2) is 25.7 Å². The van der Waals surface area contributed by atoms with Gasteiger partial charge in [-0.1, -0.05) is 48.5 Å². The lowest BCUT2D eigenvalue weighted by Gasteiger charge is -2.07. The molecule has 5 aromatic rings. The van der Waals surface area contributed by atoms with Crippen LogP contribution in [0.15, 0.2) is 84.2 Å². The molecule has 0 aliphatic rings. The molecule has 3 heterocycles. The Balaban J connectivity index is 1.30. The number of hydrogen-bond acceptors (Lipinski definition) is 5. The van der Waals surface area contributed by atoms with Crippen molar-refractivity contribution in [2.45, 2.75) is 12.8 Å². The molecule has 3 aromatic heterocycles. The molecule has 1 amide bonds. The standard InChI is InChI=1S/C24H19N5OS/c30-23(15-8-17-5-2-1-3-6-17)25-19-11-9-18(10-12-19)20-13-14-22-26-27-24(29(22)28-20)21-7-4-16-31-21/h1-7,9-14,16H,8,15H2,(H,25,30). The zero-order valence-electron chi connectivity index (χ0n) is 16.6. The molecule has 0 saturated heterocycles.